The first-order chi connectivity index (χ1) is 9.82. The number of carbonyl (C=O) groups is 1. The van der Waals surface area contributed by atoms with Crippen LogP contribution in [0.5, 0.6) is 0 Å². The monoisotopic (exact) mass is 329 g/mol. The van der Waals surface area contributed by atoms with E-state index in [-0.39, 0.29) is 13.2 Å². The molecule has 0 radical (unpaired) electrons. The van der Waals surface area contributed by atoms with Crippen LogP contribution in [0, 0.1) is 0 Å². The Morgan fingerprint density at radius 3 is 2.43 bits per heavy atom. The summed E-state index contributed by atoms with van der Waals surface area (Å²) in [7, 11) is -4.43. The average Bonchev–Trinajstić information content (AvgIpc) is 2.44. The average molecular weight is 329 g/mol. The van der Waals surface area contributed by atoms with E-state index in [2.05, 4.69) is 9.05 Å². The van der Waals surface area contributed by atoms with Crippen LogP contribution in [-0.2, 0) is 23.1 Å². The number of hydrogen-bond donors (Lipinski definition) is 4. The number of hydrogen-bond acceptors (Lipinski definition) is 7. The summed E-state index contributed by atoms with van der Waals surface area (Å²) in [4.78, 5) is 19.8. The van der Waals surface area contributed by atoms with Gasteiger partial charge in [-0.05, 0) is 6.42 Å². The molecule has 0 rings (SSSR count). The predicted octanol–water partition coefficient (Wildman–Crippen LogP) is 0.0996. The van der Waals surface area contributed by atoms with Crippen molar-refractivity contribution in [3.05, 3.63) is 0 Å². The molecule has 0 fully saturated rings. The van der Waals surface area contributed by atoms with Gasteiger partial charge in [-0.1, -0.05) is 19.8 Å². The topological polar surface area (TPSA) is 149 Å². The summed E-state index contributed by atoms with van der Waals surface area (Å²) in [5.74, 6) is -1.36. The largest absolute Gasteiger partial charge is 0.480 e. The van der Waals surface area contributed by atoms with E-state index < -0.39 is 32.5 Å². The van der Waals surface area contributed by atoms with Crippen LogP contribution >= 0.6 is 7.82 Å². The van der Waals surface area contributed by atoms with Gasteiger partial charge in [-0.2, -0.15) is 0 Å². The quantitative estimate of drug-likeness (QED) is 0.272. The van der Waals surface area contributed by atoms with Crippen molar-refractivity contribution in [1.82, 2.24) is 0 Å². The Balaban J connectivity index is 4.02. The lowest BCUT2D eigenvalue weighted by molar-refractivity contribution is -0.139. The Hall–Kier alpha value is -0.540. The molecule has 0 bridgehead atoms. The number of phosphoric ester groups is 1. The van der Waals surface area contributed by atoms with Gasteiger partial charge in [0.25, 0.3) is 0 Å². The molecule has 3 atom stereocenters. The number of ether oxygens (including phenoxy) is 1. The highest BCUT2D eigenvalue weighted by Crippen LogP contribution is 2.43. The van der Waals surface area contributed by atoms with Crippen LogP contribution in [0.3, 0.4) is 0 Å². The van der Waals surface area contributed by atoms with Gasteiger partial charge in [0.1, 0.15) is 12.1 Å². The van der Waals surface area contributed by atoms with Gasteiger partial charge in [-0.3, -0.25) is 13.8 Å². The van der Waals surface area contributed by atoms with Gasteiger partial charge in [0, 0.05) is 6.61 Å². The summed E-state index contributed by atoms with van der Waals surface area (Å²) in [5, 5.41) is 17.6. The van der Waals surface area contributed by atoms with Crippen LogP contribution in [0.25, 0.3) is 0 Å². The molecule has 0 aliphatic carbocycles. The van der Waals surface area contributed by atoms with Crippen molar-refractivity contribution < 1.29 is 38.3 Å². The fraction of sp³-hybridized carbons (Fsp3) is 0.909. The summed E-state index contributed by atoms with van der Waals surface area (Å²) in [6, 6.07) is -1.42. The van der Waals surface area contributed by atoms with Crippen LogP contribution < -0.4 is 5.73 Å². The van der Waals surface area contributed by atoms with Crippen molar-refractivity contribution in [1.29, 1.82) is 0 Å². The molecule has 0 aromatic heterocycles. The van der Waals surface area contributed by atoms with Gasteiger partial charge in [-0.15, -0.1) is 0 Å². The van der Waals surface area contributed by atoms with Gasteiger partial charge < -0.3 is 25.6 Å². The molecule has 9 nitrogen and oxygen atoms in total. The highest BCUT2D eigenvalue weighted by molar-refractivity contribution is 7.47. The number of aliphatic carboxylic acids is 1. The van der Waals surface area contributed by atoms with Crippen LogP contribution in [0.15, 0.2) is 0 Å². The maximum Gasteiger partial charge on any atom is 0.472 e. The van der Waals surface area contributed by atoms with Gasteiger partial charge in [0.2, 0.25) is 0 Å². The van der Waals surface area contributed by atoms with Crippen molar-refractivity contribution in [2.75, 3.05) is 26.4 Å². The lowest BCUT2D eigenvalue weighted by atomic mass is 10.3. The molecule has 0 saturated heterocycles. The fourth-order valence-electron chi connectivity index (χ4n) is 1.22. The molecule has 0 aliphatic rings. The Kier molecular flexibility index (Phi) is 10.8. The molecular weight excluding hydrogens is 305 g/mol. The zero-order chi connectivity index (χ0) is 16.3. The van der Waals surface area contributed by atoms with Crippen molar-refractivity contribution in [2.45, 2.75) is 38.3 Å². The smallest absolute Gasteiger partial charge is 0.472 e. The van der Waals surface area contributed by atoms with Crippen molar-refractivity contribution in [3.63, 3.8) is 0 Å². The summed E-state index contributed by atoms with van der Waals surface area (Å²) in [6.45, 7) is 1.06. The molecule has 0 saturated carbocycles. The normalized spacial score (nSPS) is 17.1. The van der Waals surface area contributed by atoms with Crippen molar-refractivity contribution in [2.24, 2.45) is 5.73 Å². The second-order valence-corrected chi connectivity index (χ2v) is 5.84. The molecule has 126 valence electrons. The molecule has 5 N–H and O–H groups in total. The molecule has 1 unspecified atom stereocenters. The third-order valence-corrected chi connectivity index (χ3v) is 3.41. The Morgan fingerprint density at radius 1 is 1.29 bits per heavy atom. The molecule has 21 heavy (non-hydrogen) atoms. The second-order valence-electron chi connectivity index (χ2n) is 4.39. The van der Waals surface area contributed by atoms with Gasteiger partial charge >= 0.3 is 13.8 Å². The van der Waals surface area contributed by atoms with Crippen molar-refractivity contribution >= 4 is 13.8 Å². The highest BCUT2D eigenvalue weighted by Gasteiger charge is 2.26. The van der Waals surface area contributed by atoms with E-state index in [4.69, 9.17) is 20.7 Å². The number of phosphoric acid groups is 1. The third-order valence-electron chi connectivity index (χ3n) is 2.46. The predicted molar refractivity (Wildman–Crippen MR) is 73.7 cm³/mol. The Morgan fingerprint density at radius 2 is 1.90 bits per heavy atom. The SMILES string of the molecule is CCCCCO[C@@H](CO)COP(=O)(O)OC[C@H](N)C(=O)O. The molecule has 0 spiro atoms. The summed E-state index contributed by atoms with van der Waals surface area (Å²) in [6.07, 6.45) is 2.06. The van der Waals surface area contributed by atoms with Crippen molar-refractivity contribution in [3.8, 4) is 0 Å². The number of aliphatic hydroxyl groups is 1. The molecule has 0 aliphatic heterocycles. The minimum absolute atomic E-state index is 0.348. The molecule has 0 amide bonds. The number of rotatable bonds is 13. The van der Waals surface area contributed by atoms with Crippen LogP contribution in [-0.4, -0.2) is 59.6 Å². The minimum Gasteiger partial charge on any atom is -0.480 e. The van der Waals surface area contributed by atoms with Crippen LogP contribution in [0.2, 0.25) is 0 Å². The zero-order valence-corrected chi connectivity index (χ0v) is 12.9. The summed E-state index contributed by atoms with van der Waals surface area (Å²) in [5.41, 5.74) is 5.12. The van der Waals surface area contributed by atoms with E-state index in [1.165, 1.54) is 0 Å². The lowest BCUT2D eigenvalue weighted by Gasteiger charge is -2.18. The van der Waals surface area contributed by atoms with Gasteiger partial charge in [0.05, 0.1) is 19.8 Å². The summed E-state index contributed by atoms with van der Waals surface area (Å²) >= 11 is 0. The van der Waals surface area contributed by atoms with E-state index in [1.54, 1.807) is 0 Å². The number of nitrogens with two attached hydrogens (primary N) is 1. The second kappa shape index (κ2) is 11.1. The first-order valence-corrected chi connectivity index (χ1v) is 8.14. The van der Waals surface area contributed by atoms with E-state index >= 15 is 0 Å². The van der Waals surface area contributed by atoms with E-state index in [0.717, 1.165) is 19.3 Å². The van der Waals surface area contributed by atoms with Gasteiger partial charge in [-0.25, -0.2) is 4.57 Å². The van der Waals surface area contributed by atoms with Crippen LogP contribution in [0.1, 0.15) is 26.2 Å². The molecule has 0 aromatic carbocycles. The maximum absolute atomic E-state index is 11.5. The lowest BCUT2D eigenvalue weighted by Crippen LogP contribution is -2.34. The Bertz CT molecular complexity index is 340. The van der Waals surface area contributed by atoms with E-state index in [9.17, 15) is 14.3 Å². The fourth-order valence-corrected chi connectivity index (χ4v) is 1.99. The van der Waals surface area contributed by atoms with E-state index in [0.29, 0.717) is 6.61 Å². The third kappa shape index (κ3) is 10.8. The number of aliphatic hydroxyl groups excluding tert-OH is 1. The Labute approximate surface area is 123 Å². The first kappa shape index (κ1) is 20.5. The number of carboxylic acid groups (broad SMARTS) is 1. The minimum atomic E-state index is -4.43. The van der Waals surface area contributed by atoms with E-state index in [1.807, 2.05) is 6.92 Å². The summed E-state index contributed by atoms with van der Waals surface area (Å²) < 4.78 is 25.8. The standard InChI is InChI=1S/C11H24NO8P/c1-2-3-4-5-18-9(6-13)7-19-21(16,17)20-8-10(12)11(14)15/h9-10,13H,2-8,12H2,1H3,(H,14,15)(H,16,17)/t9-,10-/m0/s1. The maximum atomic E-state index is 11.5. The zero-order valence-electron chi connectivity index (χ0n) is 12.0. The molecular formula is C11H24NO8P. The first-order valence-electron chi connectivity index (χ1n) is 6.65. The van der Waals surface area contributed by atoms with Crippen LogP contribution in [0.4, 0.5) is 0 Å². The number of carboxylic acids is 1. The van der Waals surface area contributed by atoms with Gasteiger partial charge in [0.15, 0.2) is 0 Å². The number of unbranched alkanes of at least 4 members (excludes halogenated alkanes) is 2. The highest BCUT2D eigenvalue weighted by atomic mass is 31.2. The molecule has 0 heterocycles. The molecule has 0 aromatic rings. The molecule has 10 heteroatoms.